The van der Waals surface area contributed by atoms with Crippen LogP contribution in [0.1, 0.15) is 24.5 Å². The normalized spacial score (nSPS) is 22.2. The molecule has 2 nitrogen and oxygen atoms in total. The Bertz CT molecular complexity index is 471. The topological polar surface area (TPSA) is 29.3 Å². The molecule has 0 radical (unpaired) electrons. The summed E-state index contributed by atoms with van der Waals surface area (Å²) in [4.78, 5) is 2.02. The summed E-state index contributed by atoms with van der Waals surface area (Å²) in [5.74, 6) is -0.497. The molecule has 20 heavy (non-hydrogen) atoms. The van der Waals surface area contributed by atoms with Gasteiger partial charge in [0, 0.05) is 19.1 Å². The third-order valence-corrected chi connectivity index (χ3v) is 3.74. The molecule has 6 heteroatoms. The van der Waals surface area contributed by atoms with Gasteiger partial charge in [0.1, 0.15) is 5.82 Å². The summed E-state index contributed by atoms with van der Waals surface area (Å²) in [6.45, 7) is 3.78. The minimum Gasteiger partial charge on any atom is -0.328 e. The summed E-state index contributed by atoms with van der Waals surface area (Å²) in [6.07, 6.45) is -3.59. The number of hydrogen-bond donors (Lipinski definition) is 1. The fourth-order valence-electron chi connectivity index (χ4n) is 2.60. The summed E-state index contributed by atoms with van der Waals surface area (Å²) >= 11 is 0. The Balaban J connectivity index is 2.09. The highest BCUT2D eigenvalue weighted by Crippen LogP contribution is 2.31. The van der Waals surface area contributed by atoms with Gasteiger partial charge in [-0.05, 0) is 49.6 Å². The van der Waals surface area contributed by atoms with Crippen molar-refractivity contribution in [2.75, 3.05) is 13.1 Å². The van der Waals surface area contributed by atoms with E-state index in [4.69, 9.17) is 5.73 Å². The predicted octanol–water partition coefficient (Wildman–Crippen LogP) is 3.01. The maximum absolute atomic E-state index is 13.3. The molecular weight excluding hydrogens is 272 g/mol. The molecule has 1 aliphatic rings. The molecule has 1 saturated heterocycles. The van der Waals surface area contributed by atoms with E-state index in [-0.39, 0.29) is 6.04 Å². The van der Waals surface area contributed by atoms with Crippen LogP contribution in [-0.4, -0.2) is 24.0 Å². The Morgan fingerprint density at radius 3 is 2.60 bits per heavy atom. The molecule has 0 amide bonds. The smallest absolute Gasteiger partial charge is 0.328 e. The highest BCUT2D eigenvalue weighted by Gasteiger charge is 2.32. The van der Waals surface area contributed by atoms with E-state index in [1.165, 1.54) is 0 Å². The predicted molar refractivity (Wildman–Crippen MR) is 68.4 cm³/mol. The van der Waals surface area contributed by atoms with Crippen LogP contribution in [0, 0.1) is 11.7 Å². The van der Waals surface area contributed by atoms with Gasteiger partial charge in [0.05, 0.1) is 5.56 Å². The quantitative estimate of drug-likeness (QED) is 0.867. The van der Waals surface area contributed by atoms with E-state index in [9.17, 15) is 17.6 Å². The number of nitrogens with zero attached hydrogens (tertiary/aromatic N) is 1. The maximum atomic E-state index is 13.3. The van der Waals surface area contributed by atoms with Crippen molar-refractivity contribution >= 4 is 0 Å². The van der Waals surface area contributed by atoms with Gasteiger partial charge in [-0.25, -0.2) is 4.39 Å². The van der Waals surface area contributed by atoms with Gasteiger partial charge in [0.2, 0.25) is 0 Å². The largest absolute Gasteiger partial charge is 0.416 e. The average molecular weight is 290 g/mol. The summed E-state index contributed by atoms with van der Waals surface area (Å²) < 4.78 is 51.2. The maximum Gasteiger partial charge on any atom is 0.416 e. The lowest BCUT2D eigenvalue weighted by molar-refractivity contribution is -0.137. The van der Waals surface area contributed by atoms with E-state index in [2.05, 4.69) is 0 Å². The van der Waals surface area contributed by atoms with Crippen LogP contribution >= 0.6 is 0 Å². The molecule has 0 saturated carbocycles. The summed E-state index contributed by atoms with van der Waals surface area (Å²) in [7, 11) is 0. The molecule has 0 aliphatic carbocycles. The molecule has 2 unspecified atom stereocenters. The first kappa shape index (κ1) is 15.3. The third-order valence-electron chi connectivity index (χ3n) is 3.74. The van der Waals surface area contributed by atoms with Gasteiger partial charge in [-0.3, -0.25) is 4.90 Å². The number of hydrogen-bond acceptors (Lipinski definition) is 2. The molecule has 112 valence electrons. The molecule has 0 bridgehead atoms. The zero-order chi connectivity index (χ0) is 14.9. The zero-order valence-electron chi connectivity index (χ0n) is 11.3. The fraction of sp³-hybridized carbons (Fsp3) is 0.571. The molecule has 2 rings (SSSR count). The van der Waals surface area contributed by atoms with Gasteiger partial charge in [0.15, 0.2) is 0 Å². The van der Waals surface area contributed by atoms with Crippen LogP contribution in [0.25, 0.3) is 0 Å². The highest BCUT2D eigenvalue weighted by atomic mass is 19.4. The third kappa shape index (κ3) is 3.70. The SMILES string of the molecule is CC(N)C1CCN(Cc2cc(F)cc(C(F)(F)F)c2)C1. The van der Waals surface area contributed by atoms with E-state index in [0.717, 1.165) is 31.6 Å². The second-order valence-corrected chi connectivity index (χ2v) is 5.49. The first-order valence-corrected chi connectivity index (χ1v) is 6.60. The van der Waals surface area contributed by atoms with Gasteiger partial charge >= 0.3 is 6.18 Å². The second kappa shape index (κ2) is 5.69. The number of halogens is 4. The van der Waals surface area contributed by atoms with E-state index in [1.807, 2.05) is 11.8 Å². The molecule has 1 aromatic carbocycles. The summed E-state index contributed by atoms with van der Waals surface area (Å²) in [5, 5.41) is 0. The Kier molecular flexibility index (Phi) is 4.34. The van der Waals surface area contributed by atoms with Crippen molar-refractivity contribution in [2.24, 2.45) is 11.7 Å². The summed E-state index contributed by atoms with van der Waals surface area (Å²) in [5.41, 5.74) is 5.24. The van der Waals surface area contributed by atoms with Crippen LogP contribution in [0.2, 0.25) is 0 Å². The first-order chi connectivity index (χ1) is 9.25. The molecule has 0 spiro atoms. The molecule has 1 heterocycles. The molecule has 1 aromatic rings. The van der Waals surface area contributed by atoms with Crippen LogP contribution in [0.15, 0.2) is 18.2 Å². The van der Waals surface area contributed by atoms with E-state index in [1.54, 1.807) is 0 Å². The number of rotatable bonds is 3. The lowest BCUT2D eigenvalue weighted by Crippen LogP contribution is -2.29. The number of benzene rings is 1. The van der Waals surface area contributed by atoms with Crippen molar-refractivity contribution in [3.05, 3.63) is 35.1 Å². The van der Waals surface area contributed by atoms with Gasteiger partial charge in [-0.15, -0.1) is 0 Å². The monoisotopic (exact) mass is 290 g/mol. The number of alkyl halides is 3. The Morgan fingerprint density at radius 1 is 1.35 bits per heavy atom. The van der Waals surface area contributed by atoms with Crippen molar-refractivity contribution in [3.8, 4) is 0 Å². The van der Waals surface area contributed by atoms with E-state index < -0.39 is 17.6 Å². The van der Waals surface area contributed by atoms with Crippen LogP contribution in [0.3, 0.4) is 0 Å². The highest BCUT2D eigenvalue weighted by molar-refractivity contribution is 5.27. The molecule has 0 aromatic heterocycles. The van der Waals surface area contributed by atoms with Gasteiger partial charge < -0.3 is 5.73 Å². The molecule has 2 atom stereocenters. The molecule has 1 aliphatic heterocycles. The molecular formula is C14H18F4N2. The zero-order valence-corrected chi connectivity index (χ0v) is 11.3. The number of likely N-dealkylation sites (tertiary alicyclic amines) is 1. The standard InChI is InChI=1S/C14H18F4N2/c1-9(19)11-2-3-20(8-11)7-10-4-12(14(16,17)18)6-13(15)5-10/h4-6,9,11H,2-3,7-8,19H2,1H3. The van der Waals surface area contributed by atoms with Crippen molar-refractivity contribution in [1.29, 1.82) is 0 Å². The lowest BCUT2D eigenvalue weighted by atomic mass is 10.0. The van der Waals surface area contributed by atoms with Crippen molar-refractivity contribution in [1.82, 2.24) is 4.90 Å². The lowest BCUT2D eigenvalue weighted by Gasteiger charge is -2.18. The fourth-order valence-corrected chi connectivity index (χ4v) is 2.60. The Morgan fingerprint density at radius 2 is 2.05 bits per heavy atom. The average Bonchev–Trinajstić information content (AvgIpc) is 2.75. The van der Waals surface area contributed by atoms with Crippen LogP contribution in [0.5, 0.6) is 0 Å². The Hall–Kier alpha value is -1.14. The minimum atomic E-state index is -4.52. The van der Waals surface area contributed by atoms with Gasteiger partial charge in [0.25, 0.3) is 0 Å². The van der Waals surface area contributed by atoms with Gasteiger partial charge in [-0.1, -0.05) is 0 Å². The molecule has 1 fully saturated rings. The van der Waals surface area contributed by atoms with Crippen LogP contribution in [0.4, 0.5) is 17.6 Å². The van der Waals surface area contributed by atoms with Crippen LogP contribution in [-0.2, 0) is 12.7 Å². The molecule has 2 N–H and O–H groups in total. The van der Waals surface area contributed by atoms with Crippen molar-refractivity contribution < 1.29 is 17.6 Å². The number of nitrogens with two attached hydrogens (primary N) is 1. The second-order valence-electron chi connectivity index (χ2n) is 5.49. The first-order valence-electron chi connectivity index (χ1n) is 6.60. The Labute approximate surface area is 115 Å². The minimum absolute atomic E-state index is 0.0678. The van der Waals surface area contributed by atoms with Gasteiger partial charge in [-0.2, -0.15) is 13.2 Å². The van der Waals surface area contributed by atoms with E-state index in [0.29, 0.717) is 24.1 Å². The van der Waals surface area contributed by atoms with Crippen molar-refractivity contribution in [3.63, 3.8) is 0 Å². The summed E-state index contributed by atoms with van der Waals surface area (Å²) in [6, 6.07) is 2.77. The van der Waals surface area contributed by atoms with Crippen molar-refractivity contribution in [2.45, 2.75) is 32.1 Å². The van der Waals surface area contributed by atoms with Crippen LogP contribution < -0.4 is 5.73 Å². The van der Waals surface area contributed by atoms with E-state index >= 15 is 0 Å².